The summed E-state index contributed by atoms with van der Waals surface area (Å²) in [5.74, 6) is 0.573. The molecule has 0 spiro atoms. The van der Waals surface area contributed by atoms with Gasteiger partial charge < -0.3 is 4.74 Å². The Kier molecular flexibility index (Phi) is 9.41. The van der Waals surface area contributed by atoms with Crippen molar-refractivity contribution in [2.45, 2.75) is 66.9 Å². The Morgan fingerprint density at radius 1 is 0.958 bits per heavy atom. The Hall–Kier alpha value is -1.60. The van der Waals surface area contributed by atoms with Crippen LogP contribution in [-0.2, 0) is 11.3 Å². The molecule has 0 heterocycles. The van der Waals surface area contributed by atoms with Crippen molar-refractivity contribution in [3.63, 3.8) is 0 Å². The molecule has 0 aliphatic carbocycles. The van der Waals surface area contributed by atoms with E-state index < -0.39 is 0 Å². The van der Waals surface area contributed by atoms with Gasteiger partial charge in [0.15, 0.2) is 0 Å². The Morgan fingerprint density at radius 2 is 1.62 bits per heavy atom. The fourth-order valence-electron chi connectivity index (χ4n) is 2.60. The van der Waals surface area contributed by atoms with Gasteiger partial charge in [-0.2, -0.15) is 0 Å². The van der Waals surface area contributed by atoms with Crippen molar-refractivity contribution in [3.05, 3.63) is 59.2 Å². The van der Waals surface area contributed by atoms with E-state index in [1.165, 1.54) is 34.2 Å². The molecule has 0 atom stereocenters. The van der Waals surface area contributed by atoms with Gasteiger partial charge in [0.1, 0.15) is 0 Å². The highest BCUT2D eigenvalue weighted by atomic mass is 16.5. The molecule has 24 heavy (non-hydrogen) atoms. The van der Waals surface area contributed by atoms with E-state index in [2.05, 4.69) is 70.2 Å². The summed E-state index contributed by atoms with van der Waals surface area (Å²) in [6, 6.07) is 15.6. The molecular weight excluding hydrogens is 292 g/mol. The van der Waals surface area contributed by atoms with Gasteiger partial charge in [-0.25, -0.2) is 0 Å². The van der Waals surface area contributed by atoms with Gasteiger partial charge in [-0.05, 0) is 41.5 Å². The molecule has 0 N–H and O–H groups in total. The van der Waals surface area contributed by atoms with Gasteiger partial charge in [0.05, 0.1) is 6.61 Å². The summed E-state index contributed by atoms with van der Waals surface area (Å²) in [4.78, 5) is 0. The van der Waals surface area contributed by atoms with Crippen molar-refractivity contribution in [2.24, 2.45) is 0 Å². The first-order valence-electron chi connectivity index (χ1n) is 9.39. The molecule has 0 unspecified atom stereocenters. The predicted octanol–water partition coefficient (Wildman–Crippen LogP) is 7.13. The van der Waals surface area contributed by atoms with Crippen LogP contribution in [0.2, 0.25) is 0 Å². The summed E-state index contributed by atoms with van der Waals surface area (Å²) >= 11 is 0. The molecule has 0 amide bonds. The highest BCUT2D eigenvalue weighted by Crippen LogP contribution is 2.27. The predicted molar refractivity (Wildman–Crippen MR) is 107 cm³/mol. The third-order valence-corrected chi connectivity index (χ3v) is 4.05. The number of unbranched alkanes of at least 4 members (excludes halogenated alkanes) is 1. The van der Waals surface area contributed by atoms with Crippen molar-refractivity contribution >= 4 is 0 Å². The molecule has 2 rings (SSSR count). The molecular formula is C23H34O. The topological polar surface area (TPSA) is 9.23 Å². The number of aryl methyl sites for hydroxylation is 1. The third kappa shape index (κ3) is 6.13. The molecule has 0 bridgehead atoms. The Labute approximate surface area is 149 Å². The quantitative estimate of drug-likeness (QED) is 0.492. The lowest BCUT2D eigenvalue weighted by Crippen LogP contribution is -1.98. The van der Waals surface area contributed by atoms with Crippen LogP contribution in [0.3, 0.4) is 0 Å². The van der Waals surface area contributed by atoms with Gasteiger partial charge >= 0.3 is 0 Å². The molecule has 132 valence electrons. The first-order chi connectivity index (χ1) is 11.6. The zero-order valence-corrected chi connectivity index (χ0v) is 16.4. The minimum absolute atomic E-state index is 0.573. The number of hydrogen-bond donors (Lipinski definition) is 0. The second-order valence-corrected chi connectivity index (χ2v) is 6.34. The Morgan fingerprint density at radius 3 is 2.21 bits per heavy atom. The van der Waals surface area contributed by atoms with Gasteiger partial charge in [-0.3, -0.25) is 0 Å². The maximum Gasteiger partial charge on any atom is 0.0722 e. The monoisotopic (exact) mass is 326 g/mol. The molecule has 0 aliphatic heterocycles. The van der Waals surface area contributed by atoms with Gasteiger partial charge in [0.25, 0.3) is 0 Å². The first-order valence-corrected chi connectivity index (χ1v) is 9.39. The molecule has 0 aliphatic rings. The number of rotatable bonds is 7. The van der Waals surface area contributed by atoms with Crippen LogP contribution in [0.4, 0.5) is 0 Å². The lowest BCUT2D eigenvalue weighted by Gasteiger charge is -2.13. The summed E-state index contributed by atoms with van der Waals surface area (Å²) < 4.78 is 5.84. The van der Waals surface area contributed by atoms with Crippen LogP contribution in [0.15, 0.2) is 42.5 Å². The van der Waals surface area contributed by atoms with E-state index in [0.717, 1.165) is 13.0 Å². The van der Waals surface area contributed by atoms with Crippen LogP contribution in [0, 0.1) is 6.92 Å². The van der Waals surface area contributed by atoms with Crippen LogP contribution in [0.1, 0.15) is 70.1 Å². The molecule has 0 saturated heterocycles. The number of ether oxygens (including phenoxy) is 1. The highest BCUT2D eigenvalue weighted by molar-refractivity contribution is 5.68. The van der Waals surface area contributed by atoms with Gasteiger partial charge in [0.2, 0.25) is 0 Å². The van der Waals surface area contributed by atoms with Crippen LogP contribution < -0.4 is 0 Å². The van der Waals surface area contributed by atoms with E-state index >= 15 is 0 Å². The van der Waals surface area contributed by atoms with E-state index in [4.69, 9.17) is 4.74 Å². The van der Waals surface area contributed by atoms with E-state index in [-0.39, 0.29) is 0 Å². The van der Waals surface area contributed by atoms with Crippen LogP contribution in [0.25, 0.3) is 11.1 Å². The van der Waals surface area contributed by atoms with Crippen molar-refractivity contribution in [1.82, 2.24) is 0 Å². The fourth-order valence-corrected chi connectivity index (χ4v) is 2.60. The van der Waals surface area contributed by atoms with E-state index in [9.17, 15) is 0 Å². The SMILES string of the molecule is CC.CCCCOCc1cc(C)ccc1-c1ccc(C(C)C)cc1. The number of benzene rings is 2. The molecule has 0 radical (unpaired) electrons. The smallest absolute Gasteiger partial charge is 0.0722 e. The van der Waals surface area contributed by atoms with Crippen LogP contribution in [0.5, 0.6) is 0 Å². The van der Waals surface area contributed by atoms with Crippen molar-refractivity contribution < 1.29 is 4.74 Å². The zero-order valence-electron chi connectivity index (χ0n) is 16.4. The second-order valence-electron chi connectivity index (χ2n) is 6.34. The lowest BCUT2D eigenvalue weighted by molar-refractivity contribution is 0.118. The molecule has 2 aromatic carbocycles. The minimum Gasteiger partial charge on any atom is -0.377 e. The van der Waals surface area contributed by atoms with Gasteiger partial charge in [-0.1, -0.05) is 89.1 Å². The maximum absolute atomic E-state index is 5.84. The second kappa shape index (κ2) is 11.0. The lowest BCUT2D eigenvalue weighted by atomic mass is 9.95. The first kappa shape index (κ1) is 20.4. The Bertz CT molecular complexity index is 581. The molecule has 0 fully saturated rings. The molecule has 1 nitrogen and oxygen atoms in total. The van der Waals surface area contributed by atoms with Crippen molar-refractivity contribution in [2.75, 3.05) is 6.61 Å². The normalized spacial score (nSPS) is 10.5. The maximum atomic E-state index is 5.84. The number of hydrogen-bond acceptors (Lipinski definition) is 1. The molecule has 0 aromatic heterocycles. The summed E-state index contributed by atoms with van der Waals surface area (Å²) in [6.07, 6.45) is 2.31. The standard InChI is InChI=1S/C21H28O.C2H6/c1-5-6-13-22-15-20-14-17(4)7-12-21(20)19-10-8-18(9-11-19)16(2)3;1-2/h7-12,14,16H,5-6,13,15H2,1-4H3;1-2H3. The third-order valence-electron chi connectivity index (χ3n) is 4.05. The molecule has 1 heteroatoms. The fraction of sp³-hybridized carbons (Fsp3) is 0.478. The summed E-state index contributed by atoms with van der Waals surface area (Å²) in [6.45, 7) is 14.3. The summed E-state index contributed by atoms with van der Waals surface area (Å²) in [5, 5.41) is 0. The largest absolute Gasteiger partial charge is 0.377 e. The van der Waals surface area contributed by atoms with Crippen LogP contribution >= 0.6 is 0 Å². The minimum atomic E-state index is 0.573. The zero-order chi connectivity index (χ0) is 17.9. The van der Waals surface area contributed by atoms with Gasteiger partial charge in [0, 0.05) is 6.61 Å². The van der Waals surface area contributed by atoms with Crippen molar-refractivity contribution in [1.29, 1.82) is 0 Å². The molecule has 0 saturated carbocycles. The average molecular weight is 327 g/mol. The Balaban J connectivity index is 0.00000139. The van der Waals surface area contributed by atoms with E-state index in [1.807, 2.05) is 13.8 Å². The van der Waals surface area contributed by atoms with E-state index in [1.54, 1.807) is 0 Å². The van der Waals surface area contributed by atoms with Crippen molar-refractivity contribution in [3.8, 4) is 11.1 Å². The highest BCUT2D eigenvalue weighted by Gasteiger charge is 2.07. The van der Waals surface area contributed by atoms with Crippen LogP contribution in [-0.4, -0.2) is 6.61 Å². The van der Waals surface area contributed by atoms with Gasteiger partial charge in [-0.15, -0.1) is 0 Å². The van der Waals surface area contributed by atoms with E-state index in [0.29, 0.717) is 12.5 Å². The summed E-state index contributed by atoms with van der Waals surface area (Å²) in [5.41, 5.74) is 6.53. The molecule has 2 aromatic rings. The average Bonchev–Trinajstić information content (AvgIpc) is 2.61. The summed E-state index contributed by atoms with van der Waals surface area (Å²) in [7, 11) is 0.